The molecule has 0 aromatic heterocycles. The number of nitrogens with one attached hydrogen (secondary N) is 1. The number of hydrogen-bond donors (Lipinski definition) is 1. The third-order valence-electron chi connectivity index (χ3n) is 2.89. The molecule has 0 amide bonds. The van der Waals surface area contributed by atoms with Gasteiger partial charge in [-0.2, -0.15) is 11.8 Å². The van der Waals surface area contributed by atoms with Crippen molar-refractivity contribution >= 4 is 27.7 Å². The van der Waals surface area contributed by atoms with E-state index in [4.69, 9.17) is 0 Å². The number of hydrogen-bond acceptors (Lipinski definition) is 2. The molecule has 1 aromatic carbocycles. The first-order valence-corrected chi connectivity index (χ1v) is 7.75. The molecule has 0 saturated carbocycles. The first-order chi connectivity index (χ1) is 7.84. The van der Waals surface area contributed by atoms with Gasteiger partial charge in [0.15, 0.2) is 0 Å². The molecule has 1 fully saturated rings. The minimum atomic E-state index is 0.837. The Morgan fingerprint density at radius 3 is 2.75 bits per heavy atom. The second-order valence-corrected chi connectivity index (χ2v) is 6.57. The zero-order valence-corrected chi connectivity index (χ0v) is 11.8. The molecule has 1 aliphatic heterocycles. The lowest BCUT2D eigenvalue weighted by Gasteiger charge is -2.21. The first kappa shape index (κ1) is 12.5. The molecule has 0 aliphatic carbocycles. The Kier molecular flexibility index (Phi) is 5.20. The Balaban J connectivity index is 1.69. The van der Waals surface area contributed by atoms with Crippen LogP contribution in [0.2, 0.25) is 0 Å². The normalized spacial score (nSPS) is 20.9. The standard InChI is InChI=1S/C13H18BrNS/c14-12-6-4-11(5-7-12)9-15-10-13-3-1-2-8-16-13/h4-7,13,15H,1-3,8-10H2. The van der Waals surface area contributed by atoms with Crippen molar-refractivity contribution in [2.75, 3.05) is 12.3 Å². The molecule has 1 nitrogen and oxygen atoms in total. The van der Waals surface area contributed by atoms with E-state index in [9.17, 15) is 0 Å². The third kappa shape index (κ3) is 4.11. The van der Waals surface area contributed by atoms with E-state index in [1.54, 1.807) is 0 Å². The Labute approximate surface area is 111 Å². The zero-order valence-electron chi connectivity index (χ0n) is 9.42. The third-order valence-corrected chi connectivity index (χ3v) is 4.82. The predicted molar refractivity (Wildman–Crippen MR) is 75.9 cm³/mol. The van der Waals surface area contributed by atoms with Gasteiger partial charge in [-0.15, -0.1) is 0 Å². The lowest BCUT2D eigenvalue weighted by Crippen LogP contribution is -2.26. The van der Waals surface area contributed by atoms with Gasteiger partial charge in [-0.05, 0) is 36.3 Å². The molecule has 3 heteroatoms. The van der Waals surface area contributed by atoms with Crippen LogP contribution in [0.3, 0.4) is 0 Å². The molecule has 1 aliphatic rings. The van der Waals surface area contributed by atoms with Crippen molar-refractivity contribution in [1.82, 2.24) is 5.32 Å². The molecule has 1 saturated heterocycles. The lowest BCUT2D eigenvalue weighted by molar-refractivity contribution is 0.598. The summed E-state index contributed by atoms with van der Waals surface area (Å²) < 4.78 is 1.15. The van der Waals surface area contributed by atoms with Gasteiger partial charge in [0.2, 0.25) is 0 Å². The van der Waals surface area contributed by atoms with Crippen molar-refractivity contribution in [1.29, 1.82) is 0 Å². The molecule has 0 radical (unpaired) electrons. The molecule has 16 heavy (non-hydrogen) atoms. The molecule has 1 heterocycles. The van der Waals surface area contributed by atoms with E-state index in [0.29, 0.717) is 0 Å². The monoisotopic (exact) mass is 299 g/mol. The molecule has 88 valence electrons. The molecule has 1 unspecified atom stereocenters. The number of halogens is 1. The smallest absolute Gasteiger partial charge is 0.0205 e. The highest BCUT2D eigenvalue weighted by molar-refractivity contribution is 9.10. The van der Waals surface area contributed by atoms with E-state index < -0.39 is 0 Å². The fourth-order valence-electron chi connectivity index (χ4n) is 1.95. The average Bonchev–Trinajstić information content (AvgIpc) is 2.33. The Morgan fingerprint density at radius 1 is 1.25 bits per heavy atom. The van der Waals surface area contributed by atoms with Gasteiger partial charge >= 0.3 is 0 Å². The number of benzene rings is 1. The van der Waals surface area contributed by atoms with Gasteiger partial charge in [0.05, 0.1) is 0 Å². The lowest BCUT2D eigenvalue weighted by atomic mass is 10.2. The summed E-state index contributed by atoms with van der Waals surface area (Å²) in [5.74, 6) is 1.35. The van der Waals surface area contributed by atoms with E-state index in [1.165, 1.54) is 30.6 Å². The van der Waals surface area contributed by atoms with Crippen LogP contribution >= 0.6 is 27.7 Å². The molecule has 1 atom stereocenters. The summed E-state index contributed by atoms with van der Waals surface area (Å²) in [6.07, 6.45) is 4.21. The molecular formula is C13H18BrNS. The van der Waals surface area contributed by atoms with Crippen LogP contribution in [0.15, 0.2) is 28.7 Å². The summed E-state index contributed by atoms with van der Waals surface area (Å²) in [6.45, 7) is 2.14. The van der Waals surface area contributed by atoms with Crippen LogP contribution in [0.25, 0.3) is 0 Å². The van der Waals surface area contributed by atoms with E-state index in [2.05, 4.69) is 57.3 Å². The minimum absolute atomic E-state index is 0.837. The molecule has 1 aromatic rings. The quantitative estimate of drug-likeness (QED) is 0.907. The van der Waals surface area contributed by atoms with E-state index >= 15 is 0 Å². The van der Waals surface area contributed by atoms with Gasteiger partial charge in [-0.25, -0.2) is 0 Å². The van der Waals surface area contributed by atoms with Gasteiger partial charge < -0.3 is 5.32 Å². The number of rotatable bonds is 4. The molecule has 1 N–H and O–H groups in total. The summed E-state index contributed by atoms with van der Waals surface area (Å²) in [6, 6.07) is 8.55. The van der Waals surface area contributed by atoms with Gasteiger partial charge in [0.25, 0.3) is 0 Å². The van der Waals surface area contributed by atoms with Crippen molar-refractivity contribution in [2.24, 2.45) is 0 Å². The Morgan fingerprint density at radius 2 is 2.06 bits per heavy atom. The van der Waals surface area contributed by atoms with Crippen molar-refractivity contribution < 1.29 is 0 Å². The van der Waals surface area contributed by atoms with Gasteiger partial charge in [-0.3, -0.25) is 0 Å². The largest absolute Gasteiger partial charge is 0.312 e. The minimum Gasteiger partial charge on any atom is -0.312 e. The predicted octanol–water partition coefficient (Wildman–Crippen LogP) is 3.82. The fourth-order valence-corrected chi connectivity index (χ4v) is 3.49. The topological polar surface area (TPSA) is 12.0 Å². The van der Waals surface area contributed by atoms with Crippen LogP contribution < -0.4 is 5.32 Å². The zero-order chi connectivity index (χ0) is 11.2. The van der Waals surface area contributed by atoms with Crippen molar-refractivity contribution in [3.05, 3.63) is 34.3 Å². The van der Waals surface area contributed by atoms with Gasteiger partial charge in [-0.1, -0.05) is 34.5 Å². The SMILES string of the molecule is Brc1ccc(CNCC2CCCCS2)cc1. The van der Waals surface area contributed by atoms with E-state index in [1.807, 2.05) is 0 Å². The van der Waals surface area contributed by atoms with Crippen LogP contribution in [0.5, 0.6) is 0 Å². The van der Waals surface area contributed by atoms with Crippen molar-refractivity contribution in [3.8, 4) is 0 Å². The van der Waals surface area contributed by atoms with Gasteiger partial charge in [0, 0.05) is 22.8 Å². The van der Waals surface area contributed by atoms with Crippen molar-refractivity contribution in [3.63, 3.8) is 0 Å². The summed E-state index contributed by atoms with van der Waals surface area (Å²) in [7, 11) is 0. The van der Waals surface area contributed by atoms with Crippen LogP contribution in [-0.2, 0) is 6.54 Å². The average molecular weight is 300 g/mol. The second kappa shape index (κ2) is 6.67. The molecular weight excluding hydrogens is 282 g/mol. The summed E-state index contributed by atoms with van der Waals surface area (Å²) in [4.78, 5) is 0. The Hall–Kier alpha value is 0.01000. The van der Waals surface area contributed by atoms with Crippen LogP contribution in [-0.4, -0.2) is 17.5 Å². The highest BCUT2D eigenvalue weighted by Gasteiger charge is 2.12. The maximum absolute atomic E-state index is 3.55. The van der Waals surface area contributed by atoms with Crippen LogP contribution in [0, 0.1) is 0 Å². The highest BCUT2D eigenvalue weighted by Crippen LogP contribution is 2.24. The molecule has 0 bridgehead atoms. The molecule has 2 rings (SSSR count). The second-order valence-electron chi connectivity index (χ2n) is 4.25. The highest BCUT2D eigenvalue weighted by atomic mass is 79.9. The summed E-state index contributed by atoms with van der Waals surface area (Å²) in [5, 5.41) is 4.39. The van der Waals surface area contributed by atoms with Crippen LogP contribution in [0.1, 0.15) is 24.8 Å². The fraction of sp³-hybridized carbons (Fsp3) is 0.538. The maximum Gasteiger partial charge on any atom is 0.0205 e. The van der Waals surface area contributed by atoms with E-state index in [0.717, 1.165) is 22.8 Å². The van der Waals surface area contributed by atoms with Crippen LogP contribution in [0.4, 0.5) is 0 Å². The van der Waals surface area contributed by atoms with Crippen molar-refractivity contribution in [2.45, 2.75) is 31.1 Å². The molecule has 0 spiro atoms. The summed E-state index contributed by atoms with van der Waals surface area (Å²) in [5.41, 5.74) is 1.36. The van der Waals surface area contributed by atoms with Gasteiger partial charge in [0.1, 0.15) is 0 Å². The maximum atomic E-state index is 3.55. The summed E-state index contributed by atoms with van der Waals surface area (Å²) >= 11 is 5.58. The number of thioether (sulfide) groups is 1. The first-order valence-electron chi connectivity index (χ1n) is 5.91. The van der Waals surface area contributed by atoms with E-state index in [-0.39, 0.29) is 0 Å². The Bertz CT molecular complexity index is 306.